The second kappa shape index (κ2) is 29.5. The molecule has 222 valence electrons. The van der Waals surface area contributed by atoms with Gasteiger partial charge in [-0.1, -0.05) is 65.2 Å². The van der Waals surface area contributed by atoms with E-state index in [-0.39, 0.29) is 26.4 Å². The van der Waals surface area contributed by atoms with E-state index >= 15 is 0 Å². The molecule has 37 heavy (non-hydrogen) atoms. The number of hydrogen-bond acceptors (Lipinski definition) is 7. The van der Waals surface area contributed by atoms with Gasteiger partial charge in [0.25, 0.3) is 10.1 Å². The SMILES string of the molecule is C.C.CCCCCCCOCCOCC.CCOCCOCCCCCOS(=O)(=O)c1ccc(C)cc1. The Balaban J connectivity index is -0.000000669. The van der Waals surface area contributed by atoms with Gasteiger partial charge < -0.3 is 18.9 Å². The van der Waals surface area contributed by atoms with Crippen LogP contribution in [0.3, 0.4) is 0 Å². The molecule has 7 nitrogen and oxygen atoms in total. The minimum atomic E-state index is -3.63. The smallest absolute Gasteiger partial charge is 0.296 e. The van der Waals surface area contributed by atoms with Crippen molar-refractivity contribution in [3.05, 3.63) is 29.8 Å². The third-order valence-corrected chi connectivity index (χ3v) is 6.35. The summed E-state index contributed by atoms with van der Waals surface area (Å²) in [5.74, 6) is 0. The highest BCUT2D eigenvalue weighted by molar-refractivity contribution is 7.86. The molecule has 0 spiro atoms. The molecule has 0 radical (unpaired) electrons. The van der Waals surface area contributed by atoms with E-state index in [0.717, 1.165) is 44.8 Å². The Kier molecular flexibility index (Phi) is 32.3. The van der Waals surface area contributed by atoms with Crippen LogP contribution in [-0.2, 0) is 33.2 Å². The highest BCUT2D eigenvalue weighted by Gasteiger charge is 2.14. The summed E-state index contributed by atoms with van der Waals surface area (Å²) < 4.78 is 49.9. The van der Waals surface area contributed by atoms with E-state index in [1.165, 1.54) is 32.1 Å². The molecule has 0 fully saturated rings. The van der Waals surface area contributed by atoms with Gasteiger partial charge in [0.1, 0.15) is 0 Å². The molecule has 0 amide bonds. The number of aryl methyl sites for hydroxylation is 1. The first-order chi connectivity index (χ1) is 17.0. The van der Waals surface area contributed by atoms with Crippen LogP contribution in [0.1, 0.15) is 92.6 Å². The summed E-state index contributed by atoms with van der Waals surface area (Å²) >= 11 is 0. The van der Waals surface area contributed by atoms with E-state index in [4.69, 9.17) is 23.1 Å². The molecule has 0 saturated heterocycles. The lowest BCUT2D eigenvalue weighted by atomic mass is 10.2. The Morgan fingerprint density at radius 3 is 1.49 bits per heavy atom. The van der Waals surface area contributed by atoms with Crippen LogP contribution < -0.4 is 0 Å². The predicted molar refractivity (Wildman–Crippen MR) is 155 cm³/mol. The van der Waals surface area contributed by atoms with Gasteiger partial charge in [0.15, 0.2) is 0 Å². The quantitative estimate of drug-likeness (QED) is 0.111. The van der Waals surface area contributed by atoms with Gasteiger partial charge in [-0.2, -0.15) is 8.42 Å². The summed E-state index contributed by atoms with van der Waals surface area (Å²) in [6, 6.07) is 6.65. The maximum atomic E-state index is 11.9. The average molecular weight is 551 g/mol. The number of ether oxygens (including phenoxy) is 4. The van der Waals surface area contributed by atoms with Crippen LogP contribution in [0, 0.1) is 6.92 Å². The van der Waals surface area contributed by atoms with Gasteiger partial charge in [-0.3, -0.25) is 4.18 Å². The van der Waals surface area contributed by atoms with Crippen LogP contribution in [0.15, 0.2) is 29.2 Å². The fourth-order valence-electron chi connectivity index (χ4n) is 2.96. The Morgan fingerprint density at radius 2 is 1.00 bits per heavy atom. The van der Waals surface area contributed by atoms with Gasteiger partial charge >= 0.3 is 0 Å². The number of hydrogen-bond donors (Lipinski definition) is 0. The summed E-state index contributed by atoms with van der Waals surface area (Å²) in [6.07, 6.45) is 8.99. The van der Waals surface area contributed by atoms with Gasteiger partial charge in [-0.25, -0.2) is 0 Å². The van der Waals surface area contributed by atoms with E-state index in [0.29, 0.717) is 32.8 Å². The molecule has 0 aliphatic heterocycles. The van der Waals surface area contributed by atoms with E-state index in [9.17, 15) is 8.42 Å². The lowest BCUT2D eigenvalue weighted by Gasteiger charge is -2.06. The molecule has 1 aromatic rings. The molecular weight excluding hydrogens is 492 g/mol. The Hall–Kier alpha value is -1.03. The van der Waals surface area contributed by atoms with Crippen molar-refractivity contribution in [2.75, 3.05) is 59.5 Å². The van der Waals surface area contributed by atoms with Crippen molar-refractivity contribution in [3.8, 4) is 0 Å². The number of benzene rings is 1. The highest BCUT2D eigenvalue weighted by Crippen LogP contribution is 2.13. The lowest BCUT2D eigenvalue weighted by Crippen LogP contribution is -2.08. The van der Waals surface area contributed by atoms with E-state index in [1.807, 2.05) is 20.8 Å². The van der Waals surface area contributed by atoms with E-state index in [2.05, 4.69) is 6.92 Å². The summed E-state index contributed by atoms with van der Waals surface area (Å²) in [7, 11) is -3.63. The number of rotatable bonds is 22. The molecule has 0 unspecified atom stereocenters. The fraction of sp³-hybridized carbons (Fsp3) is 0.793. The molecule has 8 heteroatoms. The van der Waals surface area contributed by atoms with Crippen LogP contribution >= 0.6 is 0 Å². The molecule has 0 aliphatic rings. The van der Waals surface area contributed by atoms with Crippen LogP contribution in [0.5, 0.6) is 0 Å². The highest BCUT2D eigenvalue weighted by atomic mass is 32.2. The Labute approximate surface area is 229 Å². The largest absolute Gasteiger partial charge is 0.379 e. The average Bonchev–Trinajstić information content (AvgIpc) is 2.85. The predicted octanol–water partition coefficient (Wildman–Crippen LogP) is 7.21. The third-order valence-electron chi connectivity index (χ3n) is 5.03. The van der Waals surface area contributed by atoms with Crippen molar-refractivity contribution in [2.45, 2.75) is 98.8 Å². The van der Waals surface area contributed by atoms with E-state index in [1.54, 1.807) is 24.3 Å². The summed E-state index contributed by atoms with van der Waals surface area (Å²) in [5.41, 5.74) is 1.02. The van der Waals surface area contributed by atoms with Crippen molar-refractivity contribution in [1.29, 1.82) is 0 Å². The molecular formula is C29H58O7S. The molecule has 1 rings (SSSR count). The van der Waals surface area contributed by atoms with Crippen molar-refractivity contribution < 1.29 is 31.5 Å². The van der Waals surface area contributed by atoms with Gasteiger partial charge in [0, 0.05) is 26.4 Å². The monoisotopic (exact) mass is 550 g/mol. The molecule has 1 aromatic carbocycles. The van der Waals surface area contributed by atoms with Gasteiger partial charge in [0.05, 0.1) is 37.9 Å². The summed E-state index contributed by atoms with van der Waals surface area (Å²) in [5, 5.41) is 0. The normalized spacial score (nSPS) is 10.7. The molecule has 0 atom stereocenters. The zero-order valence-electron chi connectivity index (χ0n) is 22.6. The van der Waals surface area contributed by atoms with Crippen LogP contribution in [-0.4, -0.2) is 67.9 Å². The van der Waals surface area contributed by atoms with Crippen molar-refractivity contribution in [2.24, 2.45) is 0 Å². The van der Waals surface area contributed by atoms with Crippen LogP contribution in [0.4, 0.5) is 0 Å². The minimum Gasteiger partial charge on any atom is -0.379 e. The summed E-state index contributed by atoms with van der Waals surface area (Å²) in [4.78, 5) is 0.206. The minimum absolute atomic E-state index is 0. The van der Waals surface area contributed by atoms with Gasteiger partial charge in [-0.15, -0.1) is 0 Å². The first kappa shape index (κ1) is 40.5. The molecule has 0 aromatic heterocycles. The van der Waals surface area contributed by atoms with Crippen LogP contribution in [0.25, 0.3) is 0 Å². The second-order valence-electron chi connectivity index (χ2n) is 8.18. The zero-order chi connectivity index (χ0) is 26.0. The number of unbranched alkanes of at least 4 members (excludes halogenated alkanes) is 6. The molecule has 0 N–H and O–H groups in total. The summed E-state index contributed by atoms with van der Waals surface area (Å²) in [6.45, 7) is 14.1. The first-order valence-corrected chi connectivity index (χ1v) is 14.7. The fourth-order valence-corrected chi connectivity index (χ4v) is 3.90. The van der Waals surface area contributed by atoms with Crippen molar-refractivity contribution in [3.63, 3.8) is 0 Å². The van der Waals surface area contributed by atoms with Gasteiger partial charge in [0.2, 0.25) is 0 Å². The molecule has 0 heterocycles. The Morgan fingerprint density at radius 1 is 0.568 bits per heavy atom. The van der Waals surface area contributed by atoms with Crippen LogP contribution in [0.2, 0.25) is 0 Å². The topological polar surface area (TPSA) is 80.3 Å². The zero-order valence-corrected chi connectivity index (χ0v) is 23.4. The first-order valence-electron chi connectivity index (χ1n) is 13.2. The van der Waals surface area contributed by atoms with Gasteiger partial charge in [-0.05, 0) is 58.6 Å². The van der Waals surface area contributed by atoms with E-state index < -0.39 is 10.1 Å². The van der Waals surface area contributed by atoms with Crippen molar-refractivity contribution in [1.82, 2.24) is 0 Å². The lowest BCUT2D eigenvalue weighted by molar-refractivity contribution is 0.0510. The maximum Gasteiger partial charge on any atom is 0.296 e. The standard InChI is InChI=1S/C16H26O5S.C11H24O2.2CH4/c1-3-19-13-14-20-11-5-4-6-12-21-22(17,18)16-9-7-15(2)8-10-16;1-3-5-6-7-8-9-13-11-10-12-4-2;;/h7-10H,3-6,11-14H2,1-2H3;3-11H2,1-2H3;2*1H4. The Bertz CT molecular complexity index is 653. The molecule has 0 aliphatic carbocycles. The van der Waals surface area contributed by atoms with Crippen molar-refractivity contribution >= 4 is 10.1 Å². The third kappa shape index (κ3) is 26.4. The molecule has 0 saturated carbocycles. The molecule has 0 bridgehead atoms. The second-order valence-corrected chi connectivity index (χ2v) is 9.80. The maximum absolute atomic E-state index is 11.9.